The van der Waals surface area contributed by atoms with Crippen molar-refractivity contribution < 1.29 is 37.0 Å². The number of nitrogens with zero attached hydrogens (tertiary/aromatic N) is 4. The largest absolute Gasteiger partial charge is 0.489 e. The highest BCUT2D eigenvalue weighted by atomic mass is 19.4. The van der Waals surface area contributed by atoms with Gasteiger partial charge in [0.15, 0.2) is 0 Å². The van der Waals surface area contributed by atoms with Crippen molar-refractivity contribution in [3.8, 4) is 17.0 Å². The average molecular weight is 558 g/mol. The Labute approximate surface area is 223 Å². The highest BCUT2D eigenvalue weighted by molar-refractivity contribution is 5.97. The number of aromatic nitrogens is 4. The van der Waals surface area contributed by atoms with E-state index in [2.05, 4.69) is 20.6 Å². The normalized spacial score (nSPS) is 18.2. The molecule has 3 heterocycles. The second-order valence-corrected chi connectivity index (χ2v) is 9.68. The zero-order valence-electron chi connectivity index (χ0n) is 21.1. The Morgan fingerprint density at radius 1 is 1.18 bits per heavy atom. The number of amides is 2. The van der Waals surface area contributed by atoms with Gasteiger partial charge in [-0.05, 0) is 55.5 Å². The molecule has 0 fully saturated rings. The van der Waals surface area contributed by atoms with Crippen LogP contribution in [0.2, 0.25) is 0 Å². The number of ether oxygens (including phenoxy) is 1. The van der Waals surface area contributed by atoms with Gasteiger partial charge in [0.25, 0.3) is 5.91 Å². The lowest BCUT2D eigenvalue weighted by Crippen LogP contribution is -2.51. The van der Waals surface area contributed by atoms with Crippen LogP contribution in [-0.2, 0) is 22.9 Å². The van der Waals surface area contributed by atoms with E-state index in [0.29, 0.717) is 11.0 Å². The van der Waals surface area contributed by atoms with Gasteiger partial charge in [-0.3, -0.25) is 9.59 Å². The maximum Gasteiger partial charge on any atom is 0.424 e. The van der Waals surface area contributed by atoms with Crippen LogP contribution in [0, 0.1) is 5.82 Å². The molecule has 2 aromatic carbocycles. The fraction of sp³-hybridized carbons (Fsp3) is 0.269. The molecule has 0 aliphatic carbocycles. The smallest absolute Gasteiger partial charge is 0.424 e. The number of fused-ring (bicyclic) bond motifs is 2. The van der Waals surface area contributed by atoms with Crippen LogP contribution in [0.25, 0.3) is 22.3 Å². The molecule has 2 atom stereocenters. The number of benzene rings is 2. The first-order valence-corrected chi connectivity index (χ1v) is 11.9. The molecule has 14 heteroatoms. The van der Waals surface area contributed by atoms with Crippen LogP contribution in [0.1, 0.15) is 28.5 Å². The van der Waals surface area contributed by atoms with Crippen LogP contribution >= 0.6 is 0 Å². The maximum atomic E-state index is 14.5. The molecule has 1 aliphatic rings. The lowest BCUT2D eigenvalue weighted by Gasteiger charge is -2.31. The van der Waals surface area contributed by atoms with Crippen molar-refractivity contribution >= 4 is 22.8 Å². The molecule has 0 saturated heterocycles. The Hall–Kier alpha value is -4.59. The van der Waals surface area contributed by atoms with Gasteiger partial charge in [-0.25, -0.2) is 14.1 Å². The van der Waals surface area contributed by atoms with Gasteiger partial charge >= 0.3 is 6.18 Å². The van der Waals surface area contributed by atoms with Crippen LogP contribution in [0.3, 0.4) is 0 Å². The van der Waals surface area contributed by atoms with E-state index in [4.69, 9.17) is 10.5 Å². The van der Waals surface area contributed by atoms with Crippen molar-refractivity contribution in [2.45, 2.75) is 24.1 Å². The molecule has 2 amide bonds. The van der Waals surface area contributed by atoms with Crippen molar-refractivity contribution in [3.63, 3.8) is 0 Å². The molecule has 10 nitrogen and oxygen atoms in total. The molecule has 0 radical (unpaired) electrons. The molecule has 5 rings (SSSR count). The van der Waals surface area contributed by atoms with Crippen LogP contribution in [0.5, 0.6) is 5.75 Å². The second kappa shape index (κ2) is 9.26. The number of primary amides is 1. The molecule has 40 heavy (non-hydrogen) atoms. The summed E-state index contributed by atoms with van der Waals surface area (Å²) in [6, 6.07) is 9.83. The van der Waals surface area contributed by atoms with E-state index in [1.54, 1.807) is 7.05 Å². The third kappa shape index (κ3) is 4.29. The first-order valence-electron chi connectivity index (χ1n) is 11.9. The highest BCUT2D eigenvalue weighted by Crippen LogP contribution is 2.47. The zero-order chi connectivity index (χ0) is 29.0. The molecular formula is C26H22F4N6O4. The van der Waals surface area contributed by atoms with Crippen molar-refractivity contribution in [2.75, 3.05) is 13.2 Å². The summed E-state index contributed by atoms with van der Waals surface area (Å²) in [5.74, 6) is -2.42. The van der Waals surface area contributed by atoms with Gasteiger partial charge in [0.05, 0.1) is 17.8 Å². The predicted octanol–water partition coefficient (Wildman–Crippen LogP) is 2.48. The summed E-state index contributed by atoms with van der Waals surface area (Å²) in [4.78, 5) is 29.2. The molecule has 2 aromatic heterocycles. The minimum atomic E-state index is -5.33. The molecule has 0 spiro atoms. The Kier molecular flexibility index (Phi) is 6.25. The van der Waals surface area contributed by atoms with Crippen molar-refractivity contribution in [1.82, 2.24) is 25.3 Å². The minimum Gasteiger partial charge on any atom is -0.489 e. The summed E-state index contributed by atoms with van der Waals surface area (Å²) in [5.41, 5.74) is 0.280. The van der Waals surface area contributed by atoms with E-state index >= 15 is 0 Å². The zero-order valence-corrected chi connectivity index (χ0v) is 21.1. The number of aliphatic hydroxyl groups is 1. The number of carbonyl (C=O) groups excluding carboxylic acids is 2. The number of carbonyl (C=O) groups is 2. The number of hydrogen-bond acceptors (Lipinski definition) is 7. The van der Waals surface area contributed by atoms with Crippen LogP contribution in [0.15, 0.2) is 48.5 Å². The lowest BCUT2D eigenvalue weighted by atomic mass is 9.81. The van der Waals surface area contributed by atoms with Crippen molar-refractivity contribution in [3.05, 3.63) is 71.2 Å². The Morgan fingerprint density at radius 2 is 1.88 bits per heavy atom. The van der Waals surface area contributed by atoms with Crippen molar-refractivity contribution in [1.29, 1.82) is 0 Å². The summed E-state index contributed by atoms with van der Waals surface area (Å²) in [7, 11) is 1.64. The van der Waals surface area contributed by atoms with Gasteiger partial charge < -0.3 is 20.9 Å². The molecular weight excluding hydrogens is 536 g/mol. The Balaban J connectivity index is 1.58. The summed E-state index contributed by atoms with van der Waals surface area (Å²) in [6.07, 6.45) is -5.33. The van der Waals surface area contributed by atoms with Crippen LogP contribution in [-0.4, -0.2) is 56.2 Å². The lowest BCUT2D eigenvalue weighted by molar-refractivity contribution is -0.265. The molecule has 4 N–H and O–H groups in total. The van der Waals surface area contributed by atoms with Gasteiger partial charge in [-0.2, -0.15) is 13.2 Å². The Bertz CT molecular complexity index is 1660. The Morgan fingerprint density at radius 3 is 2.52 bits per heavy atom. The van der Waals surface area contributed by atoms with E-state index in [0.717, 1.165) is 18.2 Å². The third-order valence-electron chi connectivity index (χ3n) is 7.00. The summed E-state index contributed by atoms with van der Waals surface area (Å²) in [5, 5.41) is 20.9. The number of hydrogen-bond donors (Lipinski definition) is 3. The fourth-order valence-corrected chi connectivity index (χ4v) is 4.43. The molecule has 208 valence electrons. The first kappa shape index (κ1) is 27.0. The topological polar surface area (TPSA) is 145 Å². The molecule has 0 saturated carbocycles. The average Bonchev–Trinajstić information content (AvgIpc) is 3.46. The number of aryl methyl sites for hydroxylation is 1. The van der Waals surface area contributed by atoms with Gasteiger partial charge in [0.2, 0.25) is 11.5 Å². The van der Waals surface area contributed by atoms with Crippen LogP contribution < -0.4 is 15.8 Å². The number of nitrogens with two attached hydrogens (primary N) is 1. The van der Waals surface area contributed by atoms with E-state index in [1.807, 2.05) is 0 Å². The maximum absolute atomic E-state index is 14.5. The van der Waals surface area contributed by atoms with Gasteiger partial charge in [-0.1, -0.05) is 5.21 Å². The molecule has 0 unspecified atom stereocenters. The predicted molar refractivity (Wildman–Crippen MR) is 132 cm³/mol. The van der Waals surface area contributed by atoms with Gasteiger partial charge in [0.1, 0.15) is 34.8 Å². The number of nitrogens with one attached hydrogen (secondary N) is 1. The minimum absolute atomic E-state index is 0.0128. The van der Waals surface area contributed by atoms with E-state index < -0.39 is 47.1 Å². The molecule has 1 aliphatic heterocycles. The van der Waals surface area contributed by atoms with Crippen molar-refractivity contribution in [2.24, 2.45) is 12.8 Å². The first-order chi connectivity index (χ1) is 18.7. The SMILES string of the molecule is Cn1nnc2cc(C(=O)NC[C@](O)(c3cc4c(c(-c5ccc(F)cc5)n3)OC[C@]4(C)C(N)=O)C(F)(F)F)ccc21. The number of rotatable bonds is 6. The standard InChI is InChI=1S/C26H22F4N6O4/c1-24(23(31)38)12-40-21-16(24)10-19(33-20(21)13-3-6-15(27)7-4-13)25(39,26(28,29)30)11-32-22(37)14-5-8-18-17(9-14)34-35-36(18)2/h3-10,39H,11-12H2,1-2H3,(H2,31,38)(H,32,37)/t24-,25-/m0/s1. The van der Waals surface area contributed by atoms with E-state index in [1.165, 1.54) is 41.9 Å². The monoisotopic (exact) mass is 558 g/mol. The van der Waals surface area contributed by atoms with E-state index in [-0.39, 0.29) is 34.7 Å². The highest BCUT2D eigenvalue weighted by Gasteiger charge is 2.57. The second-order valence-electron chi connectivity index (χ2n) is 9.68. The fourth-order valence-electron chi connectivity index (χ4n) is 4.43. The van der Waals surface area contributed by atoms with Gasteiger partial charge in [0, 0.05) is 23.7 Å². The number of halogens is 4. The van der Waals surface area contributed by atoms with E-state index in [9.17, 15) is 32.3 Å². The number of pyridine rings is 1. The quantitative estimate of drug-likeness (QED) is 0.308. The summed E-state index contributed by atoms with van der Waals surface area (Å²) in [6.45, 7) is -0.226. The molecule has 4 aromatic rings. The number of alkyl halides is 3. The third-order valence-corrected chi connectivity index (χ3v) is 7.00. The van der Waals surface area contributed by atoms with Crippen LogP contribution in [0.4, 0.5) is 17.6 Å². The van der Waals surface area contributed by atoms with Gasteiger partial charge in [-0.15, -0.1) is 5.10 Å². The summed E-state index contributed by atoms with van der Waals surface area (Å²) < 4.78 is 64.2. The molecule has 0 bridgehead atoms. The summed E-state index contributed by atoms with van der Waals surface area (Å²) >= 11 is 0.